The fourth-order valence-electron chi connectivity index (χ4n) is 0.287. The molecule has 0 rings (SSSR count). The van der Waals surface area contributed by atoms with E-state index in [1.807, 2.05) is 0 Å². The predicted molar refractivity (Wildman–Crippen MR) is 43.6 cm³/mol. The van der Waals surface area contributed by atoms with E-state index in [9.17, 15) is 0 Å². The highest BCUT2D eigenvalue weighted by atomic mass is 29.2. The van der Waals surface area contributed by atoms with Gasteiger partial charge in [-0.05, 0) is 0 Å². The Morgan fingerprint density at radius 2 is 2.29 bits per heavy atom. The maximum Gasteiger partial charge on any atom is 0.282 e. The summed E-state index contributed by atoms with van der Waals surface area (Å²) in [5.74, 6) is 0. The summed E-state index contributed by atoms with van der Waals surface area (Å²) in [6.07, 6.45) is 0. The van der Waals surface area contributed by atoms with Crippen molar-refractivity contribution in [2.75, 3.05) is 0 Å². The highest BCUT2D eigenvalue weighted by Crippen LogP contribution is 1.62. The summed E-state index contributed by atoms with van der Waals surface area (Å²) in [6.45, 7) is 2.30. The second-order valence-electron chi connectivity index (χ2n) is 1.31. The second-order valence-corrected chi connectivity index (χ2v) is 11.1. The lowest BCUT2D eigenvalue weighted by atomic mass is 11.9. The molecular weight excluding hydrogens is 156 g/mol. The Balaban J connectivity index is 2.45. The molecular formula is CH12O2Si4. The van der Waals surface area contributed by atoms with Gasteiger partial charge in [0.2, 0.25) is 0 Å². The van der Waals surface area contributed by atoms with Gasteiger partial charge in [-0.3, -0.25) is 0 Å². The first kappa shape index (κ1) is 7.79. The van der Waals surface area contributed by atoms with Crippen molar-refractivity contribution in [2.24, 2.45) is 0 Å². The zero-order chi connectivity index (χ0) is 5.54. The van der Waals surface area contributed by atoms with Crippen molar-refractivity contribution < 1.29 is 8.23 Å². The van der Waals surface area contributed by atoms with Gasteiger partial charge in [-0.15, -0.1) is 0 Å². The number of rotatable bonds is 4. The van der Waals surface area contributed by atoms with Gasteiger partial charge in [-0.2, -0.15) is 0 Å². The molecule has 0 aromatic carbocycles. The lowest BCUT2D eigenvalue weighted by Gasteiger charge is -1.95. The van der Waals surface area contributed by atoms with Crippen LogP contribution in [0.25, 0.3) is 0 Å². The molecule has 0 aliphatic carbocycles. The lowest BCUT2D eigenvalue weighted by Crippen LogP contribution is -2.10. The van der Waals surface area contributed by atoms with Crippen LogP contribution >= 0.6 is 0 Å². The molecule has 0 saturated heterocycles. The minimum Gasteiger partial charge on any atom is -0.449 e. The van der Waals surface area contributed by atoms with Crippen LogP contribution in [-0.2, 0) is 8.23 Å². The largest absolute Gasteiger partial charge is 0.449 e. The fraction of sp³-hybridized carbons (Fsp3) is 1.00. The summed E-state index contributed by atoms with van der Waals surface area (Å²) in [7, 11) is 0.738. The molecule has 7 heavy (non-hydrogen) atoms. The molecule has 0 radical (unpaired) electrons. The summed E-state index contributed by atoms with van der Waals surface area (Å²) in [4.78, 5) is 0. The zero-order valence-electron chi connectivity index (χ0n) is 4.94. The van der Waals surface area contributed by atoms with E-state index in [0.717, 1.165) is 10.5 Å². The number of hydrogen-bond acceptors (Lipinski definition) is 2. The van der Waals surface area contributed by atoms with E-state index in [4.69, 9.17) is 8.23 Å². The first-order chi connectivity index (χ1) is 3.41. The second kappa shape index (κ2) is 6.79. The maximum atomic E-state index is 5.28. The van der Waals surface area contributed by atoms with Crippen LogP contribution in [0.15, 0.2) is 0 Å². The van der Waals surface area contributed by atoms with E-state index in [1.54, 1.807) is 0 Å². The van der Waals surface area contributed by atoms with E-state index in [1.165, 1.54) is 0 Å². The molecule has 6 heteroatoms. The molecule has 0 heterocycles. The Labute approximate surface area is 54.1 Å². The first-order valence-electron chi connectivity index (χ1n) is 2.48. The monoisotopic (exact) mass is 168 g/mol. The van der Waals surface area contributed by atoms with Crippen LogP contribution in [0.3, 0.4) is 0 Å². The average molecular weight is 168 g/mol. The van der Waals surface area contributed by atoms with Crippen molar-refractivity contribution in [1.82, 2.24) is 0 Å². The molecule has 0 aromatic rings. The molecule has 0 saturated carbocycles. The third-order valence-corrected chi connectivity index (χ3v) is 7.54. The van der Waals surface area contributed by atoms with Crippen molar-refractivity contribution in [3.63, 3.8) is 0 Å². The van der Waals surface area contributed by atoms with E-state index in [2.05, 4.69) is 6.55 Å². The predicted octanol–water partition coefficient (Wildman–Crippen LogP) is -3.49. The summed E-state index contributed by atoms with van der Waals surface area (Å²) < 4.78 is 10.2. The molecule has 0 amide bonds. The van der Waals surface area contributed by atoms with Gasteiger partial charge in [0.1, 0.15) is 19.8 Å². The van der Waals surface area contributed by atoms with Gasteiger partial charge in [0.25, 0.3) is 10.0 Å². The Kier molecular flexibility index (Phi) is 7.55. The standard InChI is InChI=1S/CH12O2Si4/c1-5-7-3-6-2-4/h5-7H2,1,4H3. The lowest BCUT2D eigenvalue weighted by molar-refractivity contribution is 0.510. The maximum absolute atomic E-state index is 5.28. The van der Waals surface area contributed by atoms with Crippen molar-refractivity contribution in [3.8, 4) is 0 Å². The Morgan fingerprint density at radius 1 is 1.57 bits per heavy atom. The Hall–Kier alpha value is 0.788. The smallest absolute Gasteiger partial charge is 0.282 e. The summed E-state index contributed by atoms with van der Waals surface area (Å²) in [6, 6.07) is 0. The van der Waals surface area contributed by atoms with Crippen LogP contribution in [-0.4, -0.2) is 38.8 Å². The Bertz CT molecular complexity index is 28.9. The van der Waals surface area contributed by atoms with Crippen molar-refractivity contribution in [2.45, 2.75) is 6.55 Å². The molecule has 0 unspecified atom stereocenters. The minimum atomic E-state index is -0.431. The molecule has 44 valence electrons. The van der Waals surface area contributed by atoms with Crippen LogP contribution < -0.4 is 0 Å². The van der Waals surface area contributed by atoms with Crippen LogP contribution in [0.2, 0.25) is 6.55 Å². The molecule has 0 spiro atoms. The first-order valence-corrected chi connectivity index (χ1v) is 10.4. The van der Waals surface area contributed by atoms with E-state index in [0.29, 0.717) is 0 Å². The van der Waals surface area contributed by atoms with Gasteiger partial charge in [-0.1, -0.05) is 6.55 Å². The molecule has 0 aliphatic rings. The van der Waals surface area contributed by atoms with E-state index in [-0.39, 0.29) is 18.3 Å². The third kappa shape index (κ3) is 6.79. The summed E-state index contributed by atoms with van der Waals surface area (Å²) in [5.41, 5.74) is 0. The third-order valence-electron chi connectivity index (χ3n) is 0.550. The van der Waals surface area contributed by atoms with Crippen LogP contribution in [0.1, 0.15) is 0 Å². The SMILES string of the molecule is C[SiH2][SiH2]O[SiH2]O[SiH3]. The Morgan fingerprint density at radius 3 is 2.71 bits per heavy atom. The van der Waals surface area contributed by atoms with E-state index < -0.39 is 10.0 Å². The highest BCUT2D eigenvalue weighted by Gasteiger charge is 1.81. The van der Waals surface area contributed by atoms with Crippen molar-refractivity contribution >= 4 is 38.8 Å². The highest BCUT2D eigenvalue weighted by molar-refractivity contribution is 6.97. The molecule has 2 nitrogen and oxygen atoms in total. The van der Waals surface area contributed by atoms with Gasteiger partial charge >= 0.3 is 0 Å². The van der Waals surface area contributed by atoms with Gasteiger partial charge in [0, 0.05) is 9.04 Å². The van der Waals surface area contributed by atoms with E-state index >= 15 is 0 Å². The fourth-order valence-corrected chi connectivity index (χ4v) is 7.74. The zero-order valence-corrected chi connectivity index (χ0v) is 11.2. The molecule has 0 N–H and O–H groups in total. The quantitative estimate of drug-likeness (QED) is 0.321. The minimum absolute atomic E-state index is 0.00855. The molecule has 0 atom stereocenters. The molecule has 0 fully saturated rings. The van der Waals surface area contributed by atoms with Crippen LogP contribution in [0.4, 0.5) is 0 Å². The van der Waals surface area contributed by atoms with Gasteiger partial charge in [0.15, 0.2) is 0 Å². The van der Waals surface area contributed by atoms with Crippen LogP contribution in [0.5, 0.6) is 0 Å². The normalized spacial score (nSPS) is 15.0. The molecule has 0 aliphatic heterocycles. The van der Waals surface area contributed by atoms with Gasteiger partial charge < -0.3 is 8.23 Å². The van der Waals surface area contributed by atoms with Crippen molar-refractivity contribution in [1.29, 1.82) is 0 Å². The summed E-state index contributed by atoms with van der Waals surface area (Å²) in [5, 5.41) is 0. The average Bonchev–Trinajstić information content (AvgIpc) is 1.69. The molecule has 0 aromatic heterocycles. The van der Waals surface area contributed by atoms with Crippen molar-refractivity contribution in [3.05, 3.63) is 0 Å². The van der Waals surface area contributed by atoms with Crippen LogP contribution in [0, 0.1) is 0 Å². The van der Waals surface area contributed by atoms with Gasteiger partial charge in [0.05, 0.1) is 0 Å². The van der Waals surface area contributed by atoms with Gasteiger partial charge in [-0.25, -0.2) is 0 Å². The topological polar surface area (TPSA) is 18.5 Å². The number of hydrogen-bond donors (Lipinski definition) is 0. The molecule has 0 bridgehead atoms. The summed E-state index contributed by atoms with van der Waals surface area (Å²) >= 11 is 0.